The van der Waals surface area contributed by atoms with E-state index in [2.05, 4.69) is 38.3 Å². The van der Waals surface area contributed by atoms with Crippen LogP contribution in [0.5, 0.6) is 5.75 Å². The lowest BCUT2D eigenvalue weighted by atomic mass is 9.80. The largest absolute Gasteiger partial charge is 0.495 e. The van der Waals surface area contributed by atoms with Gasteiger partial charge in [-0.25, -0.2) is 0 Å². The molecule has 1 aromatic rings. The Labute approximate surface area is 129 Å². The summed E-state index contributed by atoms with van der Waals surface area (Å²) in [5, 5.41) is 3.79. The van der Waals surface area contributed by atoms with Gasteiger partial charge in [-0.05, 0) is 31.0 Å². The molecule has 3 rings (SSSR count). The molecule has 1 aromatic carbocycles. The van der Waals surface area contributed by atoms with Gasteiger partial charge in [0.1, 0.15) is 5.75 Å². The fourth-order valence-electron chi connectivity index (χ4n) is 3.64. The minimum Gasteiger partial charge on any atom is -0.495 e. The van der Waals surface area contributed by atoms with Crippen molar-refractivity contribution in [1.82, 2.24) is 5.32 Å². The normalized spacial score (nSPS) is 22.0. The van der Waals surface area contributed by atoms with Gasteiger partial charge in [0.15, 0.2) is 0 Å². The quantitative estimate of drug-likeness (QED) is 0.892. The SMILES string of the molecule is COc1ccc(Br)cc1N1CCNC2(CCCCC2)C1. The van der Waals surface area contributed by atoms with Crippen LogP contribution in [0.3, 0.4) is 0 Å². The molecular weight excluding hydrogens is 316 g/mol. The summed E-state index contributed by atoms with van der Waals surface area (Å²) in [5.74, 6) is 0.973. The van der Waals surface area contributed by atoms with E-state index in [1.807, 2.05) is 6.07 Å². The number of nitrogens with one attached hydrogen (secondary N) is 1. The number of hydrogen-bond donors (Lipinski definition) is 1. The summed E-state index contributed by atoms with van der Waals surface area (Å²) >= 11 is 3.58. The number of halogens is 1. The predicted octanol–water partition coefficient (Wildman–Crippen LogP) is 3.57. The molecule has 1 saturated carbocycles. The zero-order chi connectivity index (χ0) is 14.0. The average molecular weight is 339 g/mol. The second-order valence-corrected chi connectivity index (χ2v) is 6.92. The first kappa shape index (κ1) is 14.2. The van der Waals surface area contributed by atoms with Gasteiger partial charge in [0.05, 0.1) is 12.8 Å². The van der Waals surface area contributed by atoms with Gasteiger partial charge >= 0.3 is 0 Å². The van der Waals surface area contributed by atoms with Crippen molar-refractivity contribution >= 4 is 21.6 Å². The maximum Gasteiger partial charge on any atom is 0.142 e. The number of ether oxygens (including phenoxy) is 1. The van der Waals surface area contributed by atoms with Crippen LogP contribution >= 0.6 is 15.9 Å². The van der Waals surface area contributed by atoms with Gasteiger partial charge < -0.3 is 15.0 Å². The molecule has 1 N–H and O–H groups in total. The van der Waals surface area contributed by atoms with E-state index in [-0.39, 0.29) is 0 Å². The summed E-state index contributed by atoms with van der Waals surface area (Å²) in [6.45, 7) is 3.21. The van der Waals surface area contributed by atoms with E-state index < -0.39 is 0 Å². The van der Waals surface area contributed by atoms with Crippen LogP contribution in [0.4, 0.5) is 5.69 Å². The summed E-state index contributed by atoms with van der Waals surface area (Å²) in [6.07, 6.45) is 6.72. The molecule has 1 spiro atoms. The molecule has 110 valence electrons. The van der Waals surface area contributed by atoms with Crippen molar-refractivity contribution in [1.29, 1.82) is 0 Å². The van der Waals surface area contributed by atoms with Crippen LogP contribution in [0.15, 0.2) is 22.7 Å². The first-order valence-electron chi connectivity index (χ1n) is 7.56. The van der Waals surface area contributed by atoms with Gasteiger partial charge in [-0.1, -0.05) is 35.2 Å². The zero-order valence-corrected chi connectivity index (χ0v) is 13.7. The molecule has 0 aromatic heterocycles. The molecule has 0 amide bonds. The fraction of sp³-hybridized carbons (Fsp3) is 0.625. The topological polar surface area (TPSA) is 24.5 Å². The van der Waals surface area contributed by atoms with Crippen LogP contribution in [0.2, 0.25) is 0 Å². The lowest BCUT2D eigenvalue weighted by Crippen LogP contribution is -2.61. The Morgan fingerprint density at radius 1 is 1.25 bits per heavy atom. The minimum absolute atomic E-state index is 0.323. The van der Waals surface area contributed by atoms with Gasteiger partial charge in [0.2, 0.25) is 0 Å². The highest BCUT2D eigenvalue weighted by atomic mass is 79.9. The highest BCUT2D eigenvalue weighted by molar-refractivity contribution is 9.10. The van der Waals surface area contributed by atoms with E-state index in [0.29, 0.717) is 5.54 Å². The number of anilines is 1. The third-order valence-electron chi connectivity index (χ3n) is 4.67. The fourth-order valence-corrected chi connectivity index (χ4v) is 3.98. The Kier molecular flexibility index (Phi) is 4.22. The van der Waals surface area contributed by atoms with Crippen LogP contribution in [-0.2, 0) is 0 Å². The van der Waals surface area contributed by atoms with Crippen molar-refractivity contribution in [2.75, 3.05) is 31.6 Å². The van der Waals surface area contributed by atoms with Gasteiger partial charge in [0, 0.05) is 29.6 Å². The van der Waals surface area contributed by atoms with E-state index in [4.69, 9.17) is 4.74 Å². The molecular formula is C16H23BrN2O. The van der Waals surface area contributed by atoms with Crippen LogP contribution < -0.4 is 15.0 Å². The smallest absolute Gasteiger partial charge is 0.142 e. The summed E-state index contributed by atoms with van der Waals surface area (Å²) in [5.41, 5.74) is 1.54. The van der Waals surface area contributed by atoms with Crippen LogP contribution in [0, 0.1) is 0 Å². The number of benzene rings is 1. The first-order chi connectivity index (χ1) is 9.72. The third kappa shape index (κ3) is 2.82. The van der Waals surface area contributed by atoms with Crippen molar-refractivity contribution in [3.05, 3.63) is 22.7 Å². The minimum atomic E-state index is 0.323. The molecule has 1 heterocycles. The Morgan fingerprint density at radius 2 is 2.05 bits per heavy atom. The monoisotopic (exact) mass is 338 g/mol. The van der Waals surface area contributed by atoms with Crippen molar-refractivity contribution in [2.24, 2.45) is 0 Å². The molecule has 0 unspecified atom stereocenters. The standard InChI is InChI=1S/C16H23BrN2O/c1-20-15-6-5-13(17)11-14(15)19-10-9-18-16(12-19)7-3-2-4-8-16/h5-6,11,18H,2-4,7-10,12H2,1H3. The summed E-state index contributed by atoms with van der Waals surface area (Å²) in [6, 6.07) is 6.27. The number of hydrogen-bond acceptors (Lipinski definition) is 3. The molecule has 4 heteroatoms. The molecule has 20 heavy (non-hydrogen) atoms. The van der Waals surface area contributed by atoms with Crippen molar-refractivity contribution in [2.45, 2.75) is 37.6 Å². The predicted molar refractivity (Wildman–Crippen MR) is 86.7 cm³/mol. The van der Waals surface area contributed by atoms with Gasteiger partial charge in [-0.15, -0.1) is 0 Å². The van der Waals surface area contributed by atoms with E-state index in [0.717, 1.165) is 29.9 Å². The van der Waals surface area contributed by atoms with Crippen molar-refractivity contribution in [3.8, 4) is 5.75 Å². The Hall–Kier alpha value is -0.740. The molecule has 2 fully saturated rings. The lowest BCUT2D eigenvalue weighted by Gasteiger charge is -2.47. The number of nitrogens with zero attached hydrogens (tertiary/aromatic N) is 1. The van der Waals surface area contributed by atoms with Gasteiger partial charge in [-0.2, -0.15) is 0 Å². The molecule has 1 aliphatic carbocycles. The number of rotatable bonds is 2. The Bertz CT molecular complexity index is 466. The average Bonchev–Trinajstić information content (AvgIpc) is 2.48. The number of piperazine rings is 1. The summed E-state index contributed by atoms with van der Waals surface area (Å²) in [4.78, 5) is 2.49. The number of methoxy groups -OCH3 is 1. The molecule has 2 aliphatic rings. The first-order valence-corrected chi connectivity index (χ1v) is 8.35. The Balaban J connectivity index is 1.84. The van der Waals surface area contributed by atoms with E-state index in [1.165, 1.54) is 37.8 Å². The molecule has 1 saturated heterocycles. The van der Waals surface area contributed by atoms with Gasteiger partial charge in [-0.3, -0.25) is 0 Å². The van der Waals surface area contributed by atoms with Crippen molar-refractivity contribution in [3.63, 3.8) is 0 Å². The molecule has 0 atom stereocenters. The van der Waals surface area contributed by atoms with Crippen molar-refractivity contribution < 1.29 is 4.74 Å². The summed E-state index contributed by atoms with van der Waals surface area (Å²) in [7, 11) is 1.76. The molecule has 1 aliphatic heterocycles. The zero-order valence-electron chi connectivity index (χ0n) is 12.1. The second kappa shape index (κ2) is 5.94. The van der Waals surface area contributed by atoms with E-state index in [1.54, 1.807) is 7.11 Å². The van der Waals surface area contributed by atoms with Crippen LogP contribution in [0.25, 0.3) is 0 Å². The lowest BCUT2D eigenvalue weighted by molar-refractivity contribution is 0.216. The molecule has 0 radical (unpaired) electrons. The third-order valence-corrected chi connectivity index (χ3v) is 5.16. The molecule has 3 nitrogen and oxygen atoms in total. The molecule has 0 bridgehead atoms. The van der Waals surface area contributed by atoms with Gasteiger partial charge in [0.25, 0.3) is 0 Å². The van der Waals surface area contributed by atoms with E-state index >= 15 is 0 Å². The van der Waals surface area contributed by atoms with E-state index in [9.17, 15) is 0 Å². The highest BCUT2D eigenvalue weighted by Gasteiger charge is 2.36. The maximum atomic E-state index is 5.55. The summed E-state index contributed by atoms with van der Waals surface area (Å²) < 4.78 is 6.66. The Morgan fingerprint density at radius 3 is 2.80 bits per heavy atom. The maximum absolute atomic E-state index is 5.55. The van der Waals surface area contributed by atoms with Crippen LogP contribution in [0.1, 0.15) is 32.1 Å². The second-order valence-electron chi connectivity index (χ2n) is 6.01. The van der Waals surface area contributed by atoms with Crippen LogP contribution in [-0.4, -0.2) is 32.3 Å². The highest BCUT2D eigenvalue weighted by Crippen LogP contribution is 2.36.